The van der Waals surface area contributed by atoms with Gasteiger partial charge in [-0.1, -0.05) is 23.4 Å². The Balaban J connectivity index is 1.81. The molecule has 0 unspecified atom stereocenters. The Morgan fingerprint density at radius 3 is 2.74 bits per heavy atom. The number of nitrogen functional groups attached to an aromatic ring is 1. The molecule has 156 valence electrons. The SMILES string of the molecule is CC(C)(C)n1nc(-n2c(C(=O)Nc3cnoc3)cc3ccccc32)c2c(N)ncnc21. The topological polar surface area (TPSA) is 130 Å². The van der Waals surface area contributed by atoms with Crippen LogP contribution in [0, 0.1) is 0 Å². The lowest BCUT2D eigenvalue weighted by atomic mass is 10.1. The predicted octanol–water partition coefficient (Wildman–Crippen LogP) is 3.35. The van der Waals surface area contributed by atoms with Crippen molar-refractivity contribution in [3.05, 3.63) is 54.8 Å². The first-order valence-corrected chi connectivity index (χ1v) is 9.66. The summed E-state index contributed by atoms with van der Waals surface area (Å²) in [6.45, 7) is 6.07. The summed E-state index contributed by atoms with van der Waals surface area (Å²) < 4.78 is 8.40. The lowest BCUT2D eigenvalue weighted by Crippen LogP contribution is -2.24. The Bertz CT molecular complexity index is 1420. The van der Waals surface area contributed by atoms with Crippen LogP contribution in [0.5, 0.6) is 0 Å². The molecule has 4 aromatic heterocycles. The van der Waals surface area contributed by atoms with E-state index in [1.807, 2.05) is 45.0 Å². The number of aromatic nitrogens is 6. The van der Waals surface area contributed by atoms with Gasteiger partial charge in [-0.25, -0.2) is 14.6 Å². The molecule has 0 fully saturated rings. The lowest BCUT2D eigenvalue weighted by Gasteiger charge is -2.19. The molecule has 5 aromatic rings. The van der Waals surface area contributed by atoms with Crippen LogP contribution in [0.2, 0.25) is 0 Å². The Labute approximate surface area is 176 Å². The zero-order valence-corrected chi connectivity index (χ0v) is 17.2. The molecule has 0 saturated heterocycles. The number of nitrogens with zero attached hydrogens (tertiary/aromatic N) is 6. The van der Waals surface area contributed by atoms with E-state index in [1.54, 1.807) is 15.3 Å². The molecular weight excluding hydrogens is 396 g/mol. The van der Waals surface area contributed by atoms with Gasteiger partial charge in [-0.2, -0.15) is 5.10 Å². The van der Waals surface area contributed by atoms with Crippen LogP contribution < -0.4 is 11.1 Å². The van der Waals surface area contributed by atoms with E-state index >= 15 is 0 Å². The number of carbonyl (C=O) groups excluding carboxylic acids is 1. The van der Waals surface area contributed by atoms with Gasteiger partial charge >= 0.3 is 0 Å². The predicted molar refractivity (Wildman–Crippen MR) is 116 cm³/mol. The highest BCUT2D eigenvalue weighted by Crippen LogP contribution is 2.33. The molecule has 0 radical (unpaired) electrons. The number of benzene rings is 1. The van der Waals surface area contributed by atoms with Crippen molar-refractivity contribution >= 4 is 39.3 Å². The fourth-order valence-electron chi connectivity index (χ4n) is 3.59. The second-order valence-corrected chi connectivity index (χ2v) is 8.15. The number of nitrogens with two attached hydrogens (primary N) is 1. The number of amides is 1. The molecule has 0 bridgehead atoms. The van der Waals surface area contributed by atoms with E-state index in [0.29, 0.717) is 34.1 Å². The molecule has 0 spiro atoms. The van der Waals surface area contributed by atoms with E-state index in [1.165, 1.54) is 18.8 Å². The quantitative estimate of drug-likeness (QED) is 0.461. The normalized spacial score (nSPS) is 12.0. The molecule has 1 aromatic carbocycles. The highest BCUT2D eigenvalue weighted by molar-refractivity contribution is 6.08. The first-order valence-electron chi connectivity index (χ1n) is 9.66. The second kappa shape index (κ2) is 6.66. The van der Waals surface area contributed by atoms with Gasteiger partial charge in [0, 0.05) is 5.39 Å². The Morgan fingerprint density at radius 2 is 2.00 bits per heavy atom. The summed E-state index contributed by atoms with van der Waals surface area (Å²) in [6.07, 6.45) is 4.21. The number of hydrogen-bond donors (Lipinski definition) is 2. The summed E-state index contributed by atoms with van der Waals surface area (Å²) in [5.41, 5.74) is 8.13. The highest BCUT2D eigenvalue weighted by atomic mass is 16.5. The van der Waals surface area contributed by atoms with Crippen molar-refractivity contribution < 1.29 is 9.32 Å². The van der Waals surface area contributed by atoms with Crippen molar-refractivity contribution in [2.24, 2.45) is 0 Å². The Kier molecular flexibility index (Phi) is 4.04. The van der Waals surface area contributed by atoms with Gasteiger partial charge in [0.1, 0.15) is 35.2 Å². The molecule has 1 amide bonds. The minimum atomic E-state index is -0.370. The number of para-hydroxylation sites is 1. The van der Waals surface area contributed by atoms with Gasteiger partial charge in [-0.3, -0.25) is 9.36 Å². The molecule has 0 aliphatic heterocycles. The Hall–Kier alpha value is -4.21. The monoisotopic (exact) mass is 416 g/mol. The number of fused-ring (bicyclic) bond motifs is 2. The largest absolute Gasteiger partial charge is 0.383 e. The van der Waals surface area contributed by atoms with Gasteiger partial charge in [0.15, 0.2) is 11.5 Å². The fraction of sp³-hybridized carbons (Fsp3) is 0.190. The molecule has 5 rings (SSSR count). The van der Waals surface area contributed by atoms with Crippen LogP contribution in [0.4, 0.5) is 11.5 Å². The maximum Gasteiger partial charge on any atom is 0.272 e. The zero-order valence-electron chi connectivity index (χ0n) is 17.2. The molecule has 3 N–H and O–H groups in total. The molecule has 10 nitrogen and oxygen atoms in total. The van der Waals surface area contributed by atoms with Crippen molar-refractivity contribution in [1.29, 1.82) is 0 Å². The molecule has 0 aliphatic rings. The van der Waals surface area contributed by atoms with Crippen LogP contribution >= 0.6 is 0 Å². The van der Waals surface area contributed by atoms with Crippen molar-refractivity contribution in [3.63, 3.8) is 0 Å². The number of hydrogen-bond acceptors (Lipinski definition) is 7. The van der Waals surface area contributed by atoms with Crippen molar-refractivity contribution in [2.75, 3.05) is 11.1 Å². The minimum Gasteiger partial charge on any atom is -0.383 e. The van der Waals surface area contributed by atoms with Crippen LogP contribution in [-0.4, -0.2) is 35.4 Å². The first-order chi connectivity index (χ1) is 14.8. The van der Waals surface area contributed by atoms with E-state index in [-0.39, 0.29) is 11.4 Å². The summed E-state index contributed by atoms with van der Waals surface area (Å²) >= 11 is 0. The number of rotatable bonds is 3. The summed E-state index contributed by atoms with van der Waals surface area (Å²) in [5.74, 6) is 0.437. The number of anilines is 2. The van der Waals surface area contributed by atoms with Gasteiger partial charge in [-0.15, -0.1) is 0 Å². The third-order valence-corrected chi connectivity index (χ3v) is 4.96. The van der Waals surface area contributed by atoms with Gasteiger partial charge in [0.2, 0.25) is 0 Å². The average Bonchev–Trinajstić information content (AvgIpc) is 3.44. The molecule has 4 heterocycles. The van der Waals surface area contributed by atoms with E-state index in [0.717, 1.165) is 10.9 Å². The van der Waals surface area contributed by atoms with Crippen LogP contribution in [0.3, 0.4) is 0 Å². The maximum atomic E-state index is 13.2. The van der Waals surface area contributed by atoms with Crippen molar-refractivity contribution in [3.8, 4) is 5.82 Å². The lowest BCUT2D eigenvalue weighted by molar-refractivity contribution is 0.102. The van der Waals surface area contributed by atoms with Gasteiger partial charge < -0.3 is 15.6 Å². The molecule has 10 heteroatoms. The number of nitrogens with one attached hydrogen (secondary N) is 1. The Morgan fingerprint density at radius 1 is 1.19 bits per heavy atom. The summed E-state index contributed by atoms with van der Waals surface area (Å²) in [7, 11) is 0. The summed E-state index contributed by atoms with van der Waals surface area (Å²) in [5, 5.41) is 12.7. The fourth-order valence-corrected chi connectivity index (χ4v) is 3.59. The van der Waals surface area contributed by atoms with Gasteiger partial charge in [0.25, 0.3) is 5.91 Å². The van der Waals surface area contributed by atoms with E-state index in [9.17, 15) is 4.79 Å². The molecule has 0 aliphatic carbocycles. The third-order valence-electron chi connectivity index (χ3n) is 4.96. The second-order valence-electron chi connectivity index (χ2n) is 8.15. The minimum absolute atomic E-state index is 0.290. The molecular formula is C21H20N8O2. The van der Waals surface area contributed by atoms with E-state index in [4.69, 9.17) is 15.4 Å². The first kappa shape index (κ1) is 18.8. The van der Waals surface area contributed by atoms with Gasteiger partial charge in [-0.05, 0) is 32.9 Å². The summed E-state index contributed by atoms with van der Waals surface area (Å²) in [6, 6.07) is 9.49. The van der Waals surface area contributed by atoms with E-state index in [2.05, 4.69) is 20.4 Å². The smallest absolute Gasteiger partial charge is 0.272 e. The maximum absolute atomic E-state index is 13.2. The van der Waals surface area contributed by atoms with Gasteiger partial charge in [0.05, 0.1) is 17.3 Å². The molecule has 0 atom stereocenters. The number of carbonyl (C=O) groups is 1. The standard InChI is InChI=1S/C21H20N8O2/c1-21(2,3)29-18-16(17(22)23-11-24-18)19(27-29)28-14-7-5-4-6-12(14)8-15(28)20(30)26-13-9-25-31-10-13/h4-11H,1-3H3,(H,26,30)(H2,22,23,24). The van der Waals surface area contributed by atoms with Crippen LogP contribution in [-0.2, 0) is 5.54 Å². The van der Waals surface area contributed by atoms with E-state index < -0.39 is 0 Å². The zero-order chi connectivity index (χ0) is 21.8. The highest BCUT2D eigenvalue weighted by Gasteiger charge is 2.27. The molecule has 0 saturated carbocycles. The van der Waals surface area contributed by atoms with Crippen molar-refractivity contribution in [1.82, 2.24) is 29.5 Å². The van der Waals surface area contributed by atoms with Crippen LogP contribution in [0.1, 0.15) is 31.3 Å². The van der Waals surface area contributed by atoms with Crippen LogP contribution in [0.15, 0.2) is 53.6 Å². The van der Waals surface area contributed by atoms with Crippen molar-refractivity contribution in [2.45, 2.75) is 26.3 Å². The average molecular weight is 416 g/mol. The third kappa shape index (κ3) is 3.00. The molecule has 31 heavy (non-hydrogen) atoms. The van der Waals surface area contributed by atoms with Crippen LogP contribution in [0.25, 0.3) is 27.8 Å². The summed E-state index contributed by atoms with van der Waals surface area (Å²) in [4.78, 5) is 21.8.